The molecule has 0 aliphatic heterocycles. The van der Waals surface area contributed by atoms with Gasteiger partial charge in [-0.15, -0.1) is 0 Å². The van der Waals surface area contributed by atoms with Crippen LogP contribution in [0.25, 0.3) is 11.3 Å². The van der Waals surface area contributed by atoms with Gasteiger partial charge in [0, 0.05) is 10.6 Å². The summed E-state index contributed by atoms with van der Waals surface area (Å²) in [5.41, 5.74) is 2.95. The van der Waals surface area contributed by atoms with Crippen molar-refractivity contribution in [3.05, 3.63) is 52.5 Å². The third-order valence-electron chi connectivity index (χ3n) is 4.13. The number of anilines is 1. The summed E-state index contributed by atoms with van der Waals surface area (Å²) in [5, 5.41) is 11.0. The molecule has 1 N–H and O–H groups in total. The topological polar surface area (TPSA) is 86.5 Å². The second-order valence-corrected chi connectivity index (χ2v) is 6.92. The van der Waals surface area contributed by atoms with Crippen molar-refractivity contribution in [3.8, 4) is 22.8 Å². The fourth-order valence-electron chi connectivity index (χ4n) is 2.70. The second kappa shape index (κ2) is 9.43. The van der Waals surface area contributed by atoms with Gasteiger partial charge in [0.2, 0.25) is 5.82 Å². The average molecular weight is 416 g/mol. The lowest BCUT2D eigenvalue weighted by atomic mass is 10.1. The Hall–Kier alpha value is -3.06. The Kier molecular flexibility index (Phi) is 6.72. The van der Waals surface area contributed by atoms with Crippen molar-refractivity contribution in [3.63, 3.8) is 0 Å². The Morgan fingerprint density at radius 2 is 1.76 bits per heavy atom. The first-order valence-corrected chi connectivity index (χ1v) is 9.61. The molecule has 3 rings (SSSR count). The highest BCUT2D eigenvalue weighted by Gasteiger charge is 2.16. The fourth-order valence-corrected chi connectivity index (χ4v) is 2.80. The molecule has 0 unspecified atom stereocenters. The van der Waals surface area contributed by atoms with Crippen LogP contribution in [-0.2, 0) is 4.79 Å². The zero-order valence-electron chi connectivity index (χ0n) is 16.5. The van der Waals surface area contributed by atoms with Crippen LogP contribution in [-0.4, -0.2) is 29.4 Å². The SMILES string of the molecule is CCCOc1ccc(-c2nonc2NC(=O)COc2cc(C)c(Cl)c(C)c2)cc1. The summed E-state index contributed by atoms with van der Waals surface area (Å²) in [6.07, 6.45) is 0.933. The molecule has 29 heavy (non-hydrogen) atoms. The summed E-state index contributed by atoms with van der Waals surface area (Å²) in [7, 11) is 0. The third-order valence-corrected chi connectivity index (χ3v) is 4.72. The minimum Gasteiger partial charge on any atom is -0.494 e. The maximum absolute atomic E-state index is 12.3. The van der Waals surface area contributed by atoms with E-state index in [0.29, 0.717) is 23.1 Å². The van der Waals surface area contributed by atoms with E-state index in [9.17, 15) is 4.79 Å². The van der Waals surface area contributed by atoms with Gasteiger partial charge in [0.15, 0.2) is 12.3 Å². The van der Waals surface area contributed by atoms with Crippen LogP contribution in [0.4, 0.5) is 5.82 Å². The van der Waals surface area contributed by atoms with Gasteiger partial charge in [-0.1, -0.05) is 18.5 Å². The molecular weight excluding hydrogens is 394 g/mol. The molecule has 0 saturated heterocycles. The summed E-state index contributed by atoms with van der Waals surface area (Å²) in [4.78, 5) is 12.3. The van der Waals surface area contributed by atoms with Crippen LogP contribution in [0.3, 0.4) is 0 Å². The fraction of sp³-hybridized carbons (Fsp3) is 0.286. The quantitative estimate of drug-likeness (QED) is 0.568. The lowest BCUT2D eigenvalue weighted by Gasteiger charge is -2.10. The number of benzene rings is 2. The lowest BCUT2D eigenvalue weighted by molar-refractivity contribution is -0.118. The van der Waals surface area contributed by atoms with Crippen LogP contribution < -0.4 is 14.8 Å². The van der Waals surface area contributed by atoms with E-state index in [2.05, 4.69) is 15.6 Å². The minimum atomic E-state index is -0.380. The van der Waals surface area contributed by atoms with Gasteiger partial charge >= 0.3 is 0 Å². The average Bonchev–Trinajstić information content (AvgIpc) is 3.17. The molecule has 0 aliphatic rings. The van der Waals surface area contributed by atoms with Gasteiger partial charge in [0.05, 0.1) is 6.61 Å². The van der Waals surface area contributed by atoms with Crippen LogP contribution in [0.2, 0.25) is 5.02 Å². The number of halogens is 1. The molecule has 0 spiro atoms. The second-order valence-electron chi connectivity index (χ2n) is 6.54. The number of carbonyl (C=O) groups is 1. The summed E-state index contributed by atoms with van der Waals surface area (Å²) in [6.45, 7) is 6.28. The van der Waals surface area contributed by atoms with Gasteiger partial charge in [-0.05, 0) is 78.1 Å². The summed E-state index contributed by atoms with van der Waals surface area (Å²) in [5.74, 6) is 1.18. The molecule has 1 aromatic heterocycles. The molecule has 0 aliphatic carbocycles. The number of hydrogen-bond acceptors (Lipinski definition) is 6. The van der Waals surface area contributed by atoms with E-state index >= 15 is 0 Å². The van der Waals surface area contributed by atoms with E-state index in [0.717, 1.165) is 28.9 Å². The van der Waals surface area contributed by atoms with E-state index in [1.54, 1.807) is 12.1 Å². The number of amides is 1. The van der Waals surface area contributed by atoms with Gasteiger partial charge < -0.3 is 14.8 Å². The predicted molar refractivity (Wildman–Crippen MR) is 111 cm³/mol. The standard InChI is InChI=1S/C21H22ClN3O4/c1-4-9-27-16-7-5-15(6-8-16)20-21(25-29-24-20)23-18(26)12-28-17-10-13(2)19(22)14(3)11-17/h5-8,10-11H,4,9,12H2,1-3H3,(H,23,25,26). The summed E-state index contributed by atoms with van der Waals surface area (Å²) < 4.78 is 15.9. The van der Waals surface area contributed by atoms with Gasteiger partial charge in [-0.25, -0.2) is 4.63 Å². The molecule has 152 valence electrons. The van der Waals surface area contributed by atoms with E-state index in [1.807, 2.05) is 45.0 Å². The third kappa shape index (κ3) is 5.26. The maximum Gasteiger partial charge on any atom is 0.263 e. The molecule has 0 bridgehead atoms. The van der Waals surface area contributed by atoms with Crippen LogP contribution in [0.15, 0.2) is 41.0 Å². The molecule has 1 amide bonds. The molecule has 8 heteroatoms. The highest BCUT2D eigenvalue weighted by atomic mass is 35.5. The monoisotopic (exact) mass is 415 g/mol. The molecule has 0 fully saturated rings. The first-order chi connectivity index (χ1) is 14.0. The lowest BCUT2D eigenvalue weighted by Crippen LogP contribution is -2.20. The van der Waals surface area contributed by atoms with E-state index in [4.69, 9.17) is 25.7 Å². The Bertz CT molecular complexity index is 963. The van der Waals surface area contributed by atoms with Crippen LogP contribution in [0.5, 0.6) is 11.5 Å². The van der Waals surface area contributed by atoms with Crippen molar-refractivity contribution >= 4 is 23.3 Å². The number of ether oxygens (including phenoxy) is 2. The normalized spacial score (nSPS) is 10.6. The van der Waals surface area contributed by atoms with Crippen molar-refractivity contribution in [2.45, 2.75) is 27.2 Å². The van der Waals surface area contributed by atoms with Gasteiger partial charge in [0.1, 0.15) is 11.5 Å². The summed E-state index contributed by atoms with van der Waals surface area (Å²) in [6, 6.07) is 10.9. The molecular formula is C21H22ClN3O4. The Morgan fingerprint density at radius 1 is 1.07 bits per heavy atom. The maximum atomic E-state index is 12.3. The highest BCUT2D eigenvalue weighted by molar-refractivity contribution is 6.32. The van der Waals surface area contributed by atoms with Crippen molar-refractivity contribution in [2.24, 2.45) is 0 Å². The summed E-state index contributed by atoms with van der Waals surface area (Å²) >= 11 is 6.15. The first kappa shape index (κ1) is 20.7. The molecule has 2 aromatic carbocycles. The number of aryl methyl sites for hydroxylation is 2. The molecule has 3 aromatic rings. The Labute approximate surface area is 173 Å². The van der Waals surface area contributed by atoms with Crippen LogP contribution in [0, 0.1) is 13.8 Å². The minimum absolute atomic E-state index is 0.184. The number of aromatic nitrogens is 2. The van der Waals surface area contributed by atoms with Crippen molar-refractivity contribution in [1.29, 1.82) is 0 Å². The number of hydrogen-bond donors (Lipinski definition) is 1. The molecule has 7 nitrogen and oxygen atoms in total. The van der Waals surface area contributed by atoms with Gasteiger partial charge in [-0.3, -0.25) is 4.79 Å². The number of rotatable bonds is 8. The Morgan fingerprint density at radius 3 is 2.41 bits per heavy atom. The van der Waals surface area contributed by atoms with Gasteiger partial charge in [-0.2, -0.15) is 0 Å². The smallest absolute Gasteiger partial charge is 0.263 e. The number of carbonyl (C=O) groups excluding carboxylic acids is 1. The van der Waals surface area contributed by atoms with Crippen molar-refractivity contribution < 1.29 is 18.9 Å². The number of nitrogens with zero attached hydrogens (tertiary/aromatic N) is 2. The zero-order chi connectivity index (χ0) is 20.8. The molecule has 0 atom stereocenters. The van der Waals surface area contributed by atoms with E-state index in [1.165, 1.54) is 0 Å². The first-order valence-electron chi connectivity index (χ1n) is 9.23. The Balaban J connectivity index is 1.63. The number of nitrogens with one attached hydrogen (secondary N) is 1. The van der Waals surface area contributed by atoms with Crippen molar-refractivity contribution in [1.82, 2.24) is 10.3 Å². The van der Waals surface area contributed by atoms with E-state index in [-0.39, 0.29) is 18.3 Å². The predicted octanol–water partition coefficient (Wildman–Crippen LogP) is 4.81. The van der Waals surface area contributed by atoms with Gasteiger partial charge in [0.25, 0.3) is 5.91 Å². The molecule has 0 radical (unpaired) electrons. The molecule has 1 heterocycles. The van der Waals surface area contributed by atoms with Crippen molar-refractivity contribution in [2.75, 3.05) is 18.5 Å². The van der Waals surface area contributed by atoms with Crippen LogP contribution >= 0.6 is 11.6 Å². The van der Waals surface area contributed by atoms with Crippen LogP contribution in [0.1, 0.15) is 24.5 Å². The van der Waals surface area contributed by atoms with E-state index < -0.39 is 0 Å². The molecule has 0 saturated carbocycles. The highest BCUT2D eigenvalue weighted by Crippen LogP contribution is 2.27. The zero-order valence-corrected chi connectivity index (χ0v) is 17.2. The largest absolute Gasteiger partial charge is 0.494 e.